The minimum Gasteiger partial charge on any atom is -0.352 e. The van der Waals surface area contributed by atoms with E-state index in [2.05, 4.69) is 24.8 Å². The molecule has 0 N–H and O–H groups in total. The van der Waals surface area contributed by atoms with Crippen LogP contribution < -0.4 is 4.90 Å². The average Bonchev–Trinajstić information content (AvgIpc) is 2.67. The first-order valence-corrected chi connectivity index (χ1v) is 9.98. The molecule has 1 aliphatic rings. The van der Waals surface area contributed by atoms with Gasteiger partial charge in [-0.3, -0.25) is 9.78 Å². The molecule has 138 valence electrons. The zero-order valence-corrected chi connectivity index (χ0v) is 16.3. The van der Waals surface area contributed by atoms with E-state index in [1.165, 1.54) is 11.8 Å². The summed E-state index contributed by atoms with van der Waals surface area (Å²) in [6.07, 6.45) is 8.29. The number of hydrogen-bond donors (Lipinski definition) is 0. The van der Waals surface area contributed by atoms with Crippen molar-refractivity contribution in [3.05, 3.63) is 35.5 Å². The van der Waals surface area contributed by atoms with Gasteiger partial charge in [0.2, 0.25) is 5.91 Å². The van der Waals surface area contributed by atoms with Crippen molar-refractivity contribution in [3.63, 3.8) is 0 Å². The quantitative estimate of drug-likeness (QED) is 0.586. The molecule has 3 heterocycles. The molecule has 1 aliphatic heterocycles. The Morgan fingerprint density at radius 3 is 2.38 bits per heavy atom. The number of anilines is 1. The van der Waals surface area contributed by atoms with Gasteiger partial charge in [-0.1, -0.05) is 11.8 Å². The molecule has 2 aromatic rings. The molecule has 0 saturated carbocycles. The summed E-state index contributed by atoms with van der Waals surface area (Å²) in [4.78, 5) is 34.1. The second kappa shape index (κ2) is 8.44. The molecule has 0 atom stereocenters. The largest absolute Gasteiger partial charge is 0.352 e. The van der Waals surface area contributed by atoms with E-state index in [1.807, 2.05) is 25.0 Å². The standard InChI is InChI=1S/C18H24N6OS/c1-13-15(14(2)22-18(21-13)26-3)4-5-17(25)24-10-8-23(9-11-24)16-12-19-6-7-20-16/h6-7,12H,4-5,8-11H2,1-3H3. The number of piperazine rings is 1. The van der Waals surface area contributed by atoms with Crippen LogP contribution in [0.2, 0.25) is 0 Å². The van der Waals surface area contributed by atoms with Gasteiger partial charge in [-0.05, 0) is 32.1 Å². The maximum Gasteiger partial charge on any atom is 0.223 e. The van der Waals surface area contributed by atoms with E-state index in [-0.39, 0.29) is 5.91 Å². The molecule has 7 nitrogen and oxygen atoms in total. The van der Waals surface area contributed by atoms with E-state index in [9.17, 15) is 4.79 Å². The smallest absolute Gasteiger partial charge is 0.223 e. The highest BCUT2D eigenvalue weighted by molar-refractivity contribution is 7.98. The van der Waals surface area contributed by atoms with Crippen LogP contribution in [0.1, 0.15) is 23.4 Å². The van der Waals surface area contributed by atoms with Gasteiger partial charge in [0.25, 0.3) is 0 Å². The first-order valence-electron chi connectivity index (χ1n) is 8.75. The molecule has 1 fully saturated rings. The number of amides is 1. The Hall–Kier alpha value is -2.22. The molecular formula is C18H24N6OS. The fourth-order valence-corrected chi connectivity index (χ4v) is 3.65. The molecule has 0 spiro atoms. The van der Waals surface area contributed by atoms with E-state index in [4.69, 9.17) is 0 Å². The van der Waals surface area contributed by atoms with Crippen molar-refractivity contribution in [1.82, 2.24) is 24.8 Å². The molecule has 0 aliphatic carbocycles. The predicted molar refractivity (Wildman–Crippen MR) is 102 cm³/mol. The third kappa shape index (κ3) is 4.30. The average molecular weight is 372 g/mol. The summed E-state index contributed by atoms with van der Waals surface area (Å²) in [6, 6.07) is 0. The highest BCUT2D eigenvalue weighted by atomic mass is 32.2. The maximum atomic E-state index is 12.6. The minimum absolute atomic E-state index is 0.191. The zero-order chi connectivity index (χ0) is 18.5. The van der Waals surface area contributed by atoms with Gasteiger partial charge in [0, 0.05) is 56.4 Å². The predicted octanol–water partition coefficient (Wildman–Crippen LogP) is 1.89. The van der Waals surface area contributed by atoms with Crippen molar-refractivity contribution in [2.24, 2.45) is 0 Å². The number of hydrogen-bond acceptors (Lipinski definition) is 7. The van der Waals surface area contributed by atoms with Crippen molar-refractivity contribution in [2.45, 2.75) is 31.8 Å². The topological polar surface area (TPSA) is 75.1 Å². The summed E-state index contributed by atoms with van der Waals surface area (Å²) in [5.74, 6) is 1.06. The first-order chi connectivity index (χ1) is 12.6. The molecule has 1 amide bonds. The maximum absolute atomic E-state index is 12.6. The third-order valence-corrected chi connectivity index (χ3v) is 5.23. The SMILES string of the molecule is CSc1nc(C)c(CCC(=O)N2CCN(c3cnccn3)CC2)c(C)n1. The van der Waals surface area contributed by atoms with Gasteiger partial charge in [0.1, 0.15) is 5.82 Å². The minimum atomic E-state index is 0.191. The number of aryl methyl sites for hydroxylation is 2. The molecule has 0 aromatic carbocycles. The monoisotopic (exact) mass is 372 g/mol. The highest BCUT2D eigenvalue weighted by Crippen LogP contribution is 2.18. The molecular weight excluding hydrogens is 348 g/mol. The molecule has 26 heavy (non-hydrogen) atoms. The Kier molecular flexibility index (Phi) is 6.03. The van der Waals surface area contributed by atoms with E-state index < -0.39 is 0 Å². The number of rotatable bonds is 5. The molecule has 2 aromatic heterocycles. The van der Waals surface area contributed by atoms with Gasteiger partial charge in [-0.15, -0.1) is 0 Å². The van der Waals surface area contributed by atoms with E-state index in [0.717, 1.165) is 54.1 Å². The lowest BCUT2D eigenvalue weighted by Crippen LogP contribution is -2.49. The van der Waals surface area contributed by atoms with Crippen LogP contribution in [0.3, 0.4) is 0 Å². The van der Waals surface area contributed by atoms with Crippen LogP contribution in [0.15, 0.2) is 23.7 Å². The summed E-state index contributed by atoms with van der Waals surface area (Å²) in [5, 5.41) is 0.787. The van der Waals surface area contributed by atoms with Gasteiger partial charge < -0.3 is 9.80 Å². The van der Waals surface area contributed by atoms with Crippen LogP contribution in [-0.4, -0.2) is 63.2 Å². The van der Waals surface area contributed by atoms with Gasteiger partial charge in [-0.25, -0.2) is 15.0 Å². The van der Waals surface area contributed by atoms with Crippen molar-refractivity contribution in [2.75, 3.05) is 37.3 Å². The van der Waals surface area contributed by atoms with E-state index in [0.29, 0.717) is 12.8 Å². The number of aromatic nitrogens is 4. The number of carbonyl (C=O) groups excluding carboxylic acids is 1. The molecule has 0 unspecified atom stereocenters. The fraction of sp³-hybridized carbons (Fsp3) is 0.500. The second-order valence-corrected chi connectivity index (χ2v) is 7.06. The van der Waals surface area contributed by atoms with Crippen molar-refractivity contribution in [3.8, 4) is 0 Å². The molecule has 8 heteroatoms. The highest BCUT2D eigenvalue weighted by Gasteiger charge is 2.22. The number of carbonyl (C=O) groups is 1. The van der Waals surface area contributed by atoms with Gasteiger partial charge >= 0.3 is 0 Å². The van der Waals surface area contributed by atoms with Crippen LogP contribution in [0.5, 0.6) is 0 Å². The summed E-state index contributed by atoms with van der Waals surface area (Å²) in [7, 11) is 0. The molecule has 0 bridgehead atoms. The molecule has 1 saturated heterocycles. The van der Waals surface area contributed by atoms with Gasteiger partial charge in [-0.2, -0.15) is 0 Å². The summed E-state index contributed by atoms with van der Waals surface area (Å²) in [5.41, 5.74) is 3.04. The molecule has 3 rings (SSSR count). The number of nitrogens with zero attached hydrogens (tertiary/aromatic N) is 6. The zero-order valence-electron chi connectivity index (χ0n) is 15.5. The fourth-order valence-electron chi connectivity index (χ4n) is 3.19. The Morgan fingerprint density at radius 1 is 1.12 bits per heavy atom. The lowest BCUT2D eigenvalue weighted by molar-refractivity contribution is -0.131. The normalized spacial score (nSPS) is 14.6. The first kappa shape index (κ1) is 18.6. The lowest BCUT2D eigenvalue weighted by Gasteiger charge is -2.35. The Balaban J connectivity index is 1.54. The van der Waals surface area contributed by atoms with Crippen molar-refractivity contribution in [1.29, 1.82) is 0 Å². The third-order valence-electron chi connectivity index (χ3n) is 4.68. The Morgan fingerprint density at radius 2 is 1.81 bits per heavy atom. The van der Waals surface area contributed by atoms with Crippen molar-refractivity contribution < 1.29 is 4.79 Å². The summed E-state index contributed by atoms with van der Waals surface area (Å²) < 4.78 is 0. The number of thioether (sulfide) groups is 1. The lowest BCUT2D eigenvalue weighted by atomic mass is 10.1. The van der Waals surface area contributed by atoms with E-state index >= 15 is 0 Å². The van der Waals surface area contributed by atoms with E-state index in [1.54, 1.807) is 18.6 Å². The van der Waals surface area contributed by atoms with Crippen LogP contribution in [0.25, 0.3) is 0 Å². The van der Waals surface area contributed by atoms with Crippen LogP contribution in [0, 0.1) is 13.8 Å². The van der Waals surface area contributed by atoms with Gasteiger partial charge in [0.05, 0.1) is 6.20 Å². The van der Waals surface area contributed by atoms with Crippen LogP contribution in [0.4, 0.5) is 5.82 Å². The second-order valence-electron chi connectivity index (χ2n) is 6.29. The summed E-state index contributed by atoms with van der Waals surface area (Å²) in [6.45, 7) is 6.99. The van der Waals surface area contributed by atoms with Crippen molar-refractivity contribution >= 4 is 23.5 Å². The van der Waals surface area contributed by atoms with Gasteiger partial charge in [0.15, 0.2) is 5.16 Å². The Labute approximate surface area is 158 Å². The Bertz CT molecular complexity index is 739. The summed E-state index contributed by atoms with van der Waals surface area (Å²) >= 11 is 1.54. The molecule has 0 radical (unpaired) electrons. The van der Waals surface area contributed by atoms with Crippen LogP contribution in [-0.2, 0) is 11.2 Å². The van der Waals surface area contributed by atoms with Crippen LogP contribution >= 0.6 is 11.8 Å².